The summed E-state index contributed by atoms with van der Waals surface area (Å²) in [5.41, 5.74) is 0.692. The van der Waals surface area contributed by atoms with Gasteiger partial charge in [0.1, 0.15) is 0 Å². The Kier molecular flexibility index (Phi) is 3.98. The first-order valence-electron chi connectivity index (χ1n) is 3.87. The number of thiazole rings is 1. The molecule has 1 aromatic carbocycles. The van der Waals surface area contributed by atoms with Crippen molar-refractivity contribution in [2.75, 3.05) is 0 Å². The number of aromatic nitrogens is 1. The van der Waals surface area contributed by atoms with Crippen molar-refractivity contribution in [2.24, 2.45) is 0 Å². The van der Waals surface area contributed by atoms with Crippen molar-refractivity contribution in [1.29, 1.82) is 0 Å². The third-order valence-electron chi connectivity index (χ3n) is 1.66. The Morgan fingerprint density at radius 2 is 1.93 bits per heavy atom. The Morgan fingerprint density at radius 3 is 2.50 bits per heavy atom. The largest absolute Gasteiger partial charge is 0.286 e. The summed E-state index contributed by atoms with van der Waals surface area (Å²) in [7, 11) is 0. The van der Waals surface area contributed by atoms with Crippen LogP contribution in [0.1, 0.15) is 15.4 Å². The van der Waals surface area contributed by atoms with Crippen LogP contribution < -0.4 is 0 Å². The summed E-state index contributed by atoms with van der Waals surface area (Å²) >= 11 is 1.37. The Balaban J connectivity index is 0.000000980. The van der Waals surface area contributed by atoms with Gasteiger partial charge in [0.05, 0.1) is 0 Å². The highest BCUT2D eigenvalue weighted by Crippen LogP contribution is 2.11. The molecule has 2 nitrogen and oxygen atoms in total. The van der Waals surface area contributed by atoms with E-state index in [1.807, 2.05) is 18.2 Å². The van der Waals surface area contributed by atoms with Gasteiger partial charge in [0, 0.05) is 17.1 Å². The first-order chi connectivity index (χ1) is 6.38. The lowest BCUT2D eigenvalue weighted by Gasteiger charge is -1.94. The van der Waals surface area contributed by atoms with Crippen molar-refractivity contribution >= 4 is 34.1 Å². The predicted octanol–water partition coefficient (Wildman–Crippen LogP) is 2.95. The highest BCUT2D eigenvalue weighted by Gasteiger charge is 2.09. The first-order valence-corrected chi connectivity index (χ1v) is 4.75. The van der Waals surface area contributed by atoms with E-state index in [1.165, 1.54) is 11.3 Å². The average molecular weight is 270 g/mol. The van der Waals surface area contributed by atoms with E-state index in [9.17, 15) is 4.79 Å². The summed E-state index contributed by atoms with van der Waals surface area (Å²) in [4.78, 5) is 15.6. The molecule has 0 saturated heterocycles. The molecular formula is C10H8BrNOS. The molecule has 0 fully saturated rings. The number of ketones is 1. The molecule has 1 aromatic heterocycles. The zero-order chi connectivity index (χ0) is 9.10. The quantitative estimate of drug-likeness (QED) is 0.785. The molecule has 0 saturated carbocycles. The van der Waals surface area contributed by atoms with Crippen molar-refractivity contribution < 1.29 is 4.79 Å². The fourth-order valence-corrected chi connectivity index (χ4v) is 1.65. The summed E-state index contributed by atoms with van der Waals surface area (Å²) in [6.45, 7) is 0. The smallest absolute Gasteiger partial charge is 0.221 e. The van der Waals surface area contributed by atoms with Crippen LogP contribution in [0.2, 0.25) is 0 Å². The van der Waals surface area contributed by atoms with Crippen molar-refractivity contribution in [3.05, 3.63) is 52.5 Å². The van der Waals surface area contributed by atoms with Gasteiger partial charge in [-0.15, -0.1) is 28.3 Å². The number of halogens is 1. The van der Waals surface area contributed by atoms with Gasteiger partial charge in [-0.1, -0.05) is 30.3 Å². The van der Waals surface area contributed by atoms with Gasteiger partial charge in [0.25, 0.3) is 0 Å². The minimum absolute atomic E-state index is 0. The number of nitrogens with zero attached hydrogens (tertiary/aromatic N) is 1. The normalized spacial score (nSPS) is 9.14. The van der Waals surface area contributed by atoms with Gasteiger partial charge in [0.2, 0.25) is 5.78 Å². The molecule has 14 heavy (non-hydrogen) atoms. The Labute approximate surface area is 96.4 Å². The molecule has 1 heterocycles. The van der Waals surface area contributed by atoms with Gasteiger partial charge in [-0.3, -0.25) is 4.79 Å². The van der Waals surface area contributed by atoms with Gasteiger partial charge in [-0.05, 0) is 0 Å². The van der Waals surface area contributed by atoms with Crippen molar-refractivity contribution in [3.63, 3.8) is 0 Å². The fraction of sp³-hybridized carbons (Fsp3) is 0. The second kappa shape index (κ2) is 5.02. The number of hydrogen-bond acceptors (Lipinski definition) is 3. The molecule has 0 N–H and O–H groups in total. The van der Waals surface area contributed by atoms with E-state index in [4.69, 9.17) is 0 Å². The molecule has 0 aliphatic rings. The van der Waals surface area contributed by atoms with E-state index in [-0.39, 0.29) is 22.8 Å². The van der Waals surface area contributed by atoms with Gasteiger partial charge >= 0.3 is 0 Å². The molecule has 0 unspecified atom stereocenters. The van der Waals surface area contributed by atoms with Crippen LogP contribution in [0.25, 0.3) is 0 Å². The predicted molar refractivity (Wildman–Crippen MR) is 62.3 cm³/mol. The Bertz CT molecular complexity index is 399. The minimum Gasteiger partial charge on any atom is -0.286 e. The highest BCUT2D eigenvalue weighted by molar-refractivity contribution is 8.93. The second-order valence-electron chi connectivity index (χ2n) is 2.53. The molecule has 0 aliphatic carbocycles. The van der Waals surface area contributed by atoms with E-state index in [1.54, 1.807) is 23.7 Å². The monoisotopic (exact) mass is 269 g/mol. The molecule has 0 aliphatic heterocycles. The summed E-state index contributed by atoms with van der Waals surface area (Å²) in [5, 5.41) is 2.35. The van der Waals surface area contributed by atoms with Crippen LogP contribution in [0.15, 0.2) is 41.9 Å². The van der Waals surface area contributed by atoms with Gasteiger partial charge in [0.15, 0.2) is 5.01 Å². The zero-order valence-corrected chi connectivity index (χ0v) is 9.74. The molecule has 4 heteroatoms. The van der Waals surface area contributed by atoms with Crippen LogP contribution in [0.4, 0.5) is 0 Å². The lowest BCUT2D eigenvalue weighted by atomic mass is 10.1. The van der Waals surface area contributed by atoms with Gasteiger partial charge in [-0.2, -0.15) is 0 Å². The Hall–Kier alpha value is -1.000. The summed E-state index contributed by atoms with van der Waals surface area (Å²) in [5.74, 6) is -0.00407. The molecular weight excluding hydrogens is 262 g/mol. The van der Waals surface area contributed by atoms with E-state index < -0.39 is 0 Å². The van der Waals surface area contributed by atoms with Crippen molar-refractivity contribution in [3.8, 4) is 0 Å². The first kappa shape index (κ1) is 11.1. The number of benzene rings is 1. The van der Waals surface area contributed by atoms with Crippen LogP contribution in [0.5, 0.6) is 0 Å². The number of carbonyl (C=O) groups is 1. The molecule has 0 amide bonds. The third kappa shape index (κ3) is 2.27. The maximum Gasteiger partial charge on any atom is 0.221 e. The molecule has 0 spiro atoms. The number of rotatable bonds is 2. The zero-order valence-electron chi connectivity index (χ0n) is 7.21. The molecule has 0 atom stereocenters. The van der Waals surface area contributed by atoms with E-state index in [0.29, 0.717) is 10.6 Å². The molecule has 2 aromatic rings. The number of carbonyl (C=O) groups excluding carboxylic acids is 1. The molecule has 0 radical (unpaired) electrons. The Morgan fingerprint density at radius 1 is 1.21 bits per heavy atom. The van der Waals surface area contributed by atoms with Crippen LogP contribution in [0.3, 0.4) is 0 Å². The molecule has 2 rings (SSSR count). The summed E-state index contributed by atoms with van der Waals surface area (Å²) in [6, 6.07) is 9.17. The lowest BCUT2D eigenvalue weighted by molar-refractivity contribution is 0.103. The second-order valence-corrected chi connectivity index (χ2v) is 3.43. The van der Waals surface area contributed by atoms with E-state index in [0.717, 1.165) is 0 Å². The summed E-state index contributed by atoms with van der Waals surface area (Å²) < 4.78 is 0. The maximum atomic E-state index is 11.7. The maximum absolute atomic E-state index is 11.7. The highest BCUT2D eigenvalue weighted by atomic mass is 79.9. The minimum atomic E-state index is -0.00407. The van der Waals surface area contributed by atoms with Crippen LogP contribution >= 0.6 is 28.3 Å². The summed E-state index contributed by atoms with van der Waals surface area (Å²) in [6.07, 6.45) is 1.64. The van der Waals surface area contributed by atoms with Crippen LogP contribution in [0, 0.1) is 0 Å². The van der Waals surface area contributed by atoms with E-state index in [2.05, 4.69) is 4.98 Å². The number of hydrogen-bond donors (Lipinski definition) is 0. The fourth-order valence-electron chi connectivity index (χ4n) is 1.05. The van der Waals surface area contributed by atoms with Crippen LogP contribution in [-0.4, -0.2) is 10.8 Å². The van der Waals surface area contributed by atoms with Gasteiger partial charge in [-0.25, -0.2) is 4.98 Å². The topological polar surface area (TPSA) is 30.0 Å². The standard InChI is InChI=1S/C10H7NOS.BrH/c12-9(10-11-6-7-13-10)8-4-2-1-3-5-8;/h1-7H;1H. The van der Waals surface area contributed by atoms with Crippen molar-refractivity contribution in [2.45, 2.75) is 0 Å². The SMILES string of the molecule is Br.O=C(c1ccccc1)c1nccs1. The van der Waals surface area contributed by atoms with Gasteiger partial charge < -0.3 is 0 Å². The molecule has 0 bridgehead atoms. The average Bonchev–Trinajstić information content (AvgIpc) is 2.71. The third-order valence-corrected chi connectivity index (χ3v) is 2.43. The van der Waals surface area contributed by atoms with Crippen molar-refractivity contribution in [1.82, 2.24) is 4.98 Å². The molecule has 72 valence electrons. The van der Waals surface area contributed by atoms with Crippen LogP contribution in [-0.2, 0) is 0 Å². The van der Waals surface area contributed by atoms with E-state index >= 15 is 0 Å². The lowest BCUT2D eigenvalue weighted by Crippen LogP contribution is -1.99.